The largest absolute Gasteiger partial charge is 0.389 e. The predicted molar refractivity (Wildman–Crippen MR) is 64.4 cm³/mol. The highest BCUT2D eigenvalue weighted by atomic mass is 19.1. The van der Waals surface area contributed by atoms with Gasteiger partial charge in [0.1, 0.15) is 11.5 Å². The third kappa shape index (κ3) is 4.40. The van der Waals surface area contributed by atoms with Gasteiger partial charge >= 0.3 is 0 Å². The fourth-order valence-electron chi connectivity index (χ4n) is 1.65. The summed E-state index contributed by atoms with van der Waals surface area (Å²) in [5.74, 6) is -2.44. The number of aliphatic hydroxyl groups excluding tert-OH is 1. The normalized spacial score (nSPS) is 16.4. The first-order chi connectivity index (χ1) is 9.06. The Labute approximate surface area is 109 Å². The molecule has 0 bridgehead atoms. The molecule has 0 heterocycles. The molecule has 0 aliphatic heterocycles. The fourth-order valence-corrected chi connectivity index (χ4v) is 1.65. The summed E-state index contributed by atoms with van der Waals surface area (Å²) in [6, 6.07) is 1.17. The molecule has 19 heavy (non-hydrogen) atoms. The molecule has 1 atom stereocenters. The number of anilines is 1. The van der Waals surface area contributed by atoms with Crippen LogP contribution < -0.4 is 5.32 Å². The first kappa shape index (κ1) is 14.1. The number of rotatable bonds is 7. The van der Waals surface area contributed by atoms with E-state index in [2.05, 4.69) is 5.32 Å². The van der Waals surface area contributed by atoms with Crippen LogP contribution in [0.5, 0.6) is 0 Å². The van der Waals surface area contributed by atoms with Crippen LogP contribution in [0.3, 0.4) is 0 Å². The molecule has 1 aliphatic carbocycles. The van der Waals surface area contributed by atoms with E-state index in [1.165, 1.54) is 0 Å². The third-order valence-electron chi connectivity index (χ3n) is 2.88. The van der Waals surface area contributed by atoms with Crippen LogP contribution in [0.15, 0.2) is 12.1 Å². The van der Waals surface area contributed by atoms with E-state index < -0.39 is 29.2 Å². The van der Waals surface area contributed by atoms with Crippen molar-refractivity contribution in [3.63, 3.8) is 0 Å². The molecule has 1 aromatic rings. The van der Waals surface area contributed by atoms with Gasteiger partial charge in [-0.15, -0.1) is 0 Å². The number of hydrogen-bond donors (Lipinski definition) is 2. The summed E-state index contributed by atoms with van der Waals surface area (Å²) >= 11 is 0. The van der Waals surface area contributed by atoms with E-state index in [4.69, 9.17) is 4.74 Å². The standard InChI is InChI=1S/C13H16F3NO2/c14-9-3-11(15)13(12(16)4-9)17-5-10(18)7-19-6-8-1-2-8/h3-4,8,10,17-18H,1-2,5-7H2. The van der Waals surface area contributed by atoms with Gasteiger partial charge < -0.3 is 15.2 Å². The highest BCUT2D eigenvalue weighted by molar-refractivity contribution is 5.46. The average molecular weight is 275 g/mol. The summed E-state index contributed by atoms with van der Waals surface area (Å²) in [7, 11) is 0. The van der Waals surface area contributed by atoms with Crippen LogP contribution in [0.2, 0.25) is 0 Å². The first-order valence-corrected chi connectivity index (χ1v) is 6.20. The van der Waals surface area contributed by atoms with Crippen molar-refractivity contribution >= 4 is 5.69 Å². The van der Waals surface area contributed by atoms with Gasteiger partial charge in [-0.1, -0.05) is 0 Å². The van der Waals surface area contributed by atoms with Crippen LogP contribution in [0.1, 0.15) is 12.8 Å². The zero-order valence-electron chi connectivity index (χ0n) is 10.3. The fraction of sp³-hybridized carbons (Fsp3) is 0.538. The lowest BCUT2D eigenvalue weighted by molar-refractivity contribution is 0.0385. The number of hydrogen-bond acceptors (Lipinski definition) is 3. The Balaban J connectivity index is 1.77. The lowest BCUT2D eigenvalue weighted by Crippen LogP contribution is -2.26. The van der Waals surface area contributed by atoms with Crippen molar-refractivity contribution in [3.05, 3.63) is 29.6 Å². The van der Waals surface area contributed by atoms with E-state index in [-0.39, 0.29) is 13.2 Å². The maximum atomic E-state index is 13.3. The second kappa shape index (κ2) is 6.25. The van der Waals surface area contributed by atoms with Crippen molar-refractivity contribution in [1.82, 2.24) is 0 Å². The lowest BCUT2D eigenvalue weighted by atomic mass is 10.2. The van der Waals surface area contributed by atoms with Crippen molar-refractivity contribution in [3.8, 4) is 0 Å². The lowest BCUT2D eigenvalue weighted by Gasteiger charge is -2.14. The van der Waals surface area contributed by atoms with Crippen molar-refractivity contribution in [2.24, 2.45) is 5.92 Å². The second-order valence-corrected chi connectivity index (χ2v) is 4.76. The molecule has 1 unspecified atom stereocenters. The molecule has 1 saturated carbocycles. The summed E-state index contributed by atoms with van der Waals surface area (Å²) in [5, 5.41) is 12.0. The minimum atomic E-state index is -1.02. The van der Waals surface area contributed by atoms with Crippen molar-refractivity contribution in [2.75, 3.05) is 25.1 Å². The van der Waals surface area contributed by atoms with E-state index >= 15 is 0 Å². The van der Waals surface area contributed by atoms with Crippen LogP contribution in [-0.2, 0) is 4.74 Å². The van der Waals surface area contributed by atoms with Crippen LogP contribution in [0, 0.1) is 23.4 Å². The first-order valence-electron chi connectivity index (χ1n) is 6.20. The molecule has 3 nitrogen and oxygen atoms in total. The maximum absolute atomic E-state index is 13.3. The van der Waals surface area contributed by atoms with Gasteiger partial charge in [0.15, 0.2) is 11.6 Å². The van der Waals surface area contributed by atoms with Crippen LogP contribution >= 0.6 is 0 Å². The Kier molecular flexibility index (Phi) is 4.66. The van der Waals surface area contributed by atoms with Gasteiger partial charge in [-0.2, -0.15) is 0 Å². The smallest absolute Gasteiger partial charge is 0.152 e. The molecule has 0 saturated heterocycles. The maximum Gasteiger partial charge on any atom is 0.152 e. The Morgan fingerprint density at radius 3 is 2.47 bits per heavy atom. The Morgan fingerprint density at radius 1 is 1.26 bits per heavy atom. The zero-order valence-corrected chi connectivity index (χ0v) is 10.3. The zero-order chi connectivity index (χ0) is 13.8. The quantitative estimate of drug-likeness (QED) is 0.802. The number of halogens is 3. The summed E-state index contributed by atoms with van der Waals surface area (Å²) in [4.78, 5) is 0. The molecule has 0 spiro atoms. The minimum Gasteiger partial charge on any atom is -0.389 e. The average Bonchev–Trinajstić information content (AvgIpc) is 3.11. The van der Waals surface area contributed by atoms with Gasteiger partial charge in [-0.25, -0.2) is 13.2 Å². The van der Waals surface area contributed by atoms with Crippen molar-refractivity contribution in [1.29, 1.82) is 0 Å². The number of nitrogens with one attached hydrogen (secondary N) is 1. The van der Waals surface area contributed by atoms with E-state index in [1.54, 1.807) is 0 Å². The summed E-state index contributed by atoms with van der Waals surface area (Å²) in [5.41, 5.74) is -0.442. The van der Waals surface area contributed by atoms with Gasteiger partial charge in [0.25, 0.3) is 0 Å². The van der Waals surface area contributed by atoms with E-state index in [9.17, 15) is 18.3 Å². The highest BCUT2D eigenvalue weighted by Gasteiger charge is 2.21. The SMILES string of the molecule is OC(CNc1c(F)cc(F)cc1F)COCC1CC1. The van der Waals surface area contributed by atoms with Gasteiger partial charge in [0, 0.05) is 25.3 Å². The predicted octanol–water partition coefficient (Wildman–Crippen LogP) is 2.30. The third-order valence-corrected chi connectivity index (χ3v) is 2.88. The van der Waals surface area contributed by atoms with E-state index in [0.717, 1.165) is 12.8 Å². The van der Waals surface area contributed by atoms with Crippen LogP contribution in [0.25, 0.3) is 0 Å². The van der Waals surface area contributed by atoms with Gasteiger partial charge in [-0.3, -0.25) is 0 Å². The van der Waals surface area contributed by atoms with Gasteiger partial charge in [-0.05, 0) is 18.8 Å². The van der Waals surface area contributed by atoms with Gasteiger partial charge in [0.2, 0.25) is 0 Å². The summed E-state index contributed by atoms with van der Waals surface area (Å²) in [6.45, 7) is 0.647. The Bertz CT molecular complexity index is 415. The monoisotopic (exact) mass is 275 g/mol. The van der Waals surface area contributed by atoms with E-state index in [0.29, 0.717) is 24.7 Å². The van der Waals surface area contributed by atoms with Crippen LogP contribution in [-0.4, -0.2) is 31.0 Å². The second-order valence-electron chi connectivity index (χ2n) is 4.76. The Hall–Kier alpha value is -1.27. The molecular formula is C13H16F3NO2. The molecule has 1 aromatic carbocycles. The number of ether oxygens (including phenoxy) is 1. The number of aliphatic hydroxyl groups is 1. The summed E-state index contributed by atoms with van der Waals surface area (Å²) in [6.07, 6.45) is 1.43. The minimum absolute atomic E-state index is 0.0653. The Morgan fingerprint density at radius 2 is 1.89 bits per heavy atom. The van der Waals surface area contributed by atoms with Crippen LogP contribution in [0.4, 0.5) is 18.9 Å². The molecule has 0 aromatic heterocycles. The molecule has 0 amide bonds. The molecule has 1 fully saturated rings. The molecule has 1 aliphatic rings. The van der Waals surface area contributed by atoms with Gasteiger partial charge in [0.05, 0.1) is 12.7 Å². The van der Waals surface area contributed by atoms with Crippen molar-refractivity contribution in [2.45, 2.75) is 18.9 Å². The molecule has 0 radical (unpaired) electrons. The topological polar surface area (TPSA) is 41.5 Å². The molecule has 2 rings (SSSR count). The summed E-state index contributed by atoms with van der Waals surface area (Å²) < 4.78 is 44.5. The molecule has 2 N–H and O–H groups in total. The molecular weight excluding hydrogens is 259 g/mol. The van der Waals surface area contributed by atoms with E-state index in [1.807, 2.05) is 0 Å². The highest BCUT2D eigenvalue weighted by Crippen LogP contribution is 2.28. The van der Waals surface area contributed by atoms with Crippen molar-refractivity contribution < 1.29 is 23.0 Å². The molecule has 6 heteroatoms. The molecule has 106 valence electrons. The number of benzene rings is 1.